The summed E-state index contributed by atoms with van der Waals surface area (Å²) in [6.45, 7) is -2.44. The Labute approximate surface area is 197 Å². The molecule has 5 atom stereocenters. The summed E-state index contributed by atoms with van der Waals surface area (Å²) in [4.78, 5) is 0. The van der Waals surface area contributed by atoms with Crippen LogP contribution in [0.1, 0.15) is 35.4 Å². The van der Waals surface area contributed by atoms with E-state index in [2.05, 4.69) is 0 Å². The molecule has 0 heterocycles. The second kappa shape index (κ2) is 11.5. The zero-order chi connectivity index (χ0) is 25.0. The monoisotopic (exact) mass is 478 g/mol. The lowest BCUT2D eigenvalue weighted by molar-refractivity contribution is 0.105. The van der Waals surface area contributed by atoms with E-state index in [1.807, 2.05) is 0 Å². The van der Waals surface area contributed by atoms with Crippen LogP contribution in [-0.4, -0.2) is 78.5 Å². The van der Waals surface area contributed by atoms with Crippen LogP contribution in [0.5, 0.6) is 5.75 Å². The minimum Gasteiger partial charge on any atom is -0.512 e. The van der Waals surface area contributed by atoms with Gasteiger partial charge in [0.2, 0.25) is 0 Å². The average molecular weight is 479 g/mol. The molecule has 34 heavy (non-hydrogen) atoms. The van der Waals surface area contributed by atoms with Gasteiger partial charge in [0.25, 0.3) is 0 Å². The quantitative estimate of drug-likeness (QED) is 0.238. The first-order valence-corrected chi connectivity index (χ1v) is 11.3. The standard InChI is InChI=1S/C25H34O9/c26-7-16-1-13(2-17(8-27)23(16)32)22(14-3-18(9-28)24(33)19(4-14)10-29)15-5-20(11-30)25(34)21(6-15)12-31/h1-4,15-16,20,22-23,26-34H,5-12H2. The van der Waals surface area contributed by atoms with Gasteiger partial charge in [0.05, 0.1) is 51.5 Å². The van der Waals surface area contributed by atoms with E-state index in [4.69, 9.17) is 0 Å². The van der Waals surface area contributed by atoms with E-state index in [0.717, 1.165) is 0 Å². The molecular formula is C25H34O9. The number of aromatic hydroxyl groups is 1. The maximum Gasteiger partial charge on any atom is 0.126 e. The molecular weight excluding hydrogens is 444 g/mol. The number of benzene rings is 1. The summed E-state index contributed by atoms with van der Waals surface area (Å²) in [6, 6.07) is 3.21. The fourth-order valence-electron chi connectivity index (χ4n) is 5.22. The van der Waals surface area contributed by atoms with Gasteiger partial charge in [-0.3, -0.25) is 0 Å². The molecule has 1 aromatic carbocycles. The summed E-state index contributed by atoms with van der Waals surface area (Å²) < 4.78 is 0. The zero-order valence-electron chi connectivity index (χ0n) is 18.9. The van der Waals surface area contributed by atoms with Crippen molar-refractivity contribution >= 4 is 0 Å². The topological polar surface area (TPSA) is 182 Å². The van der Waals surface area contributed by atoms with Crippen LogP contribution in [-0.2, 0) is 13.2 Å². The predicted molar refractivity (Wildman–Crippen MR) is 123 cm³/mol. The van der Waals surface area contributed by atoms with Gasteiger partial charge < -0.3 is 46.0 Å². The molecule has 9 N–H and O–H groups in total. The first kappa shape index (κ1) is 26.4. The highest BCUT2D eigenvalue weighted by Crippen LogP contribution is 2.47. The van der Waals surface area contributed by atoms with Gasteiger partial charge in [-0.15, -0.1) is 0 Å². The van der Waals surface area contributed by atoms with Gasteiger partial charge >= 0.3 is 0 Å². The molecule has 0 saturated carbocycles. The Morgan fingerprint density at radius 2 is 1.50 bits per heavy atom. The molecule has 0 aliphatic heterocycles. The fraction of sp³-hybridized carbons (Fsp3) is 0.520. The lowest BCUT2D eigenvalue weighted by Crippen LogP contribution is -2.32. The first-order chi connectivity index (χ1) is 16.3. The highest BCUT2D eigenvalue weighted by molar-refractivity contribution is 5.49. The third-order valence-corrected chi connectivity index (χ3v) is 7.01. The number of aliphatic hydroxyl groups is 8. The summed E-state index contributed by atoms with van der Waals surface area (Å²) in [5.41, 5.74) is 2.42. The first-order valence-electron chi connectivity index (χ1n) is 11.3. The number of hydrogen-bond acceptors (Lipinski definition) is 9. The smallest absolute Gasteiger partial charge is 0.126 e. The Hall–Kier alpha value is -2.24. The van der Waals surface area contributed by atoms with E-state index < -0.39 is 43.7 Å². The normalized spacial score (nSPS) is 26.3. The number of rotatable bonds is 9. The number of phenols is 1. The van der Waals surface area contributed by atoms with Gasteiger partial charge in [-0.25, -0.2) is 0 Å². The Bertz CT molecular complexity index is 940. The van der Waals surface area contributed by atoms with Crippen LogP contribution in [0.2, 0.25) is 0 Å². The number of allylic oxidation sites excluding steroid dienone is 2. The van der Waals surface area contributed by atoms with E-state index >= 15 is 0 Å². The zero-order valence-corrected chi connectivity index (χ0v) is 18.9. The highest BCUT2D eigenvalue weighted by Gasteiger charge is 2.37. The van der Waals surface area contributed by atoms with Crippen LogP contribution >= 0.6 is 0 Å². The number of hydrogen-bond donors (Lipinski definition) is 9. The second-order valence-corrected chi connectivity index (χ2v) is 9.04. The van der Waals surface area contributed by atoms with Gasteiger partial charge in [0.15, 0.2) is 0 Å². The van der Waals surface area contributed by atoms with Crippen LogP contribution < -0.4 is 0 Å². The van der Waals surface area contributed by atoms with Crippen LogP contribution in [0.3, 0.4) is 0 Å². The largest absolute Gasteiger partial charge is 0.512 e. The van der Waals surface area contributed by atoms with Gasteiger partial charge in [-0.05, 0) is 53.2 Å². The van der Waals surface area contributed by atoms with Crippen molar-refractivity contribution in [2.75, 3.05) is 26.4 Å². The average Bonchev–Trinajstić information content (AvgIpc) is 2.86. The van der Waals surface area contributed by atoms with Crippen LogP contribution in [0.4, 0.5) is 0 Å². The van der Waals surface area contributed by atoms with Crippen molar-refractivity contribution in [1.29, 1.82) is 0 Å². The van der Waals surface area contributed by atoms with Gasteiger partial charge in [-0.2, -0.15) is 0 Å². The molecule has 9 nitrogen and oxygen atoms in total. The van der Waals surface area contributed by atoms with Crippen molar-refractivity contribution in [3.8, 4) is 5.75 Å². The molecule has 2 aliphatic rings. The maximum atomic E-state index is 10.5. The van der Waals surface area contributed by atoms with E-state index in [1.165, 1.54) is 0 Å². The highest BCUT2D eigenvalue weighted by atomic mass is 16.3. The SMILES string of the molecule is OCC1=CC(C(c2cc(CO)c(O)c(CO)c2)C2CC(CO)=C(O)C(CO)C2)=CC(CO)C1O. The molecule has 5 unspecified atom stereocenters. The maximum absolute atomic E-state index is 10.5. The predicted octanol–water partition coefficient (Wildman–Crippen LogP) is 0.111. The molecule has 2 aliphatic carbocycles. The summed E-state index contributed by atoms with van der Waals surface area (Å²) in [6.07, 6.45) is 2.94. The Morgan fingerprint density at radius 3 is 2.00 bits per heavy atom. The van der Waals surface area contributed by atoms with Crippen molar-refractivity contribution in [3.63, 3.8) is 0 Å². The Kier molecular flexibility index (Phi) is 8.89. The molecule has 0 fully saturated rings. The molecule has 9 heteroatoms. The van der Waals surface area contributed by atoms with E-state index in [-0.39, 0.29) is 48.4 Å². The molecule has 0 radical (unpaired) electrons. The summed E-state index contributed by atoms with van der Waals surface area (Å²) in [5, 5.41) is 90.1. The molecule has 0 bridgehead atoms. The van der Waals surface area contributed by atoms with Crippen LogP contribution in [0, 0.1) is 17.8 Å². The van der Waals surface area contributed by atoms with Crippen molar-refractivity contribution in [2.45, 2.75) is 38.1 Å². The minimum atomic E-state index is -1.06. The van der Waals surface area contributed by atoms with E-state index in [0.29, 0.717) is 35.1 Å². The van der Waals surface area contributed by atoms with Crippen molar-refractivity contribution in [2.24, 2.45) is 17.8 Å². The Morgan fingerprint density at radius 1 is 0.853 bits per heavy atom. The lowest BCUT2D eigenvalue weighted by atomic mass is 9.68. The van der Waals surface area contributed by atoms with Crippen LogP contribution in [0.15, 0.2) is 46.8 Å². The van der Waals surface area contributed by atoms with E-state index in [1.54, 1.807) is 24.3 Å². The third-order valence-electron chi connectivity index (χ3n) is 7.01. The lowest BCUT2D eigenvalue weighted by Gasteiger charge is -2.38. The molecule has 0 saturated heterocycles. The van der Waals surface area contributed by atoms with Gasteiger partial charge in [0, 0.05) is 28.9 Å². The van der Waals surface area contributed by atoms with Gasteiger partial charge in [0.1, 0.15) is 5.75 Å². The molecule has 3 rings (SSSR count). The second-order valence-electron chi connectivity index (χ2n) is 9.04. The van der Waals surface area contributed by atoms with Crippen molar-refractivity contribution in [1.82, 2.24) is 0 Å². The Balaban J connectivity index is 2.21. The van der Waals surface area contributed by atoms with Crippen molar-refractivity contribution in [3.05, 3.63) is 63.5 Å². The summed E-state index contributed by atoms with van der Waals surface area (Å²) in [5.74, 6) is -2.27. The summed E-state index contributed by atoms with van der Waals surface area (Å²) >= 11 is 0. The van der Waals surface area contributed by atoms with Gasteiger partial charge in [-0.1, -0.05) is 12.2 Å². The fourth-order valence-corrected chi connectivity index (χ4v) is 5.22. The molecule has 0 amide bonds. The van der Waals surface area contributed by atoms with E-state index in [9.17, 15) is 46.0 Å². The van der Waals surface area contributed by atoms with Crippen molar-refractivity contribution < 1.29 is 46.0 Å². The molecule has 0 spiro atoms. The van der Waals surface area contributed by atoms with Crippen LogP contribution in [0.25, 0.3) is 0 Å². The molecule has 1 aromatic rings. The number of aliphatic hydroxyl groups excluding tert-OH is 8. The molecule has 0 aromatic heterocycles. The third kappa shape index (κ3) is 5.06. The molecule has 188 valence electrons. The summed E-state index contributed by atoms with van der Waals surface area (Å²) in [7, 11) is 0. The minimum absolute atomic E-state index is 0.0364.